The second kappa shape index (κ2) is 7.97. The van der Waals surface area contributed by atoms with Crippen molar-refractivity contribution in [3.63, 3.8) is 0 Å². The molecule has 0 unspecified atom stereocenters. The van der Waals surface area contributed by atoms with Crippen LogP contribution in [-0.2, 0) is 10.0 Å². The minimum Gasteiger partial charge on any atom is -0.268 e. The lowest BCUT2D eigenvalue weighted by atomic mass is 10.2. The van der Waals surface area contributed by atoms with Crippen molar-refractivity contribution in [3.8, 4) is 11.4 Å². The summed E-state index contributed by atoms with van der Waals surface area (Å²) in [6, 6.07) is 17.9. The molecule has 0 saturated heterocycles. The zero-order chi connectivity index (χ0) is 17.4. The lowest BCUT2D eigenvalue weighted by Crippen LogP contribution is -2.29. The molecule has 2 N–H and O–H groups in total. The maximum absolute atomic E-state index is 11.2. The predicted molar refractivity (Wildman–Crippen MR) is 88.4 cm³/mol. The Morgan fingerprint density at radius 1 is 1.00 bits per heavy atom. The molecule has 9 heteroatoms. The molecule has 0 bridgehead atoms. The highest BCUT2D eigenvalue weighted by Gasteiger charge is 2.09. The van der Waals surface area contributed by atoms with E-state index in [9.17, 15) is 13.2 Å². The van der Waals surface area contributed by atoms with Gasteiger partial charge in [0.05, 0.1) is 6.26 Å². The van der Waals surface area contributed by atoms with Gasteiger partial charge in [0.15, 0.2) is 0 Å². The minimum absolute atomic E-state index is 0.327. The monoisotopic (exact) mass is 345 g/mol. The Hall–Kier alpha value is -3.07. The summed E-state index contributed by atoms with van der Waals surface area (Å²) < 4.78 is 23.2. The van der Waals surface area contributed by atoms with E-state index in [1.807, 2.05) is 35.1 Å². The standard InChI is InChI=1S/C8H9NO3S.C7H6N4/c1-13(11,12)9-8(10)7-5-3-2-4-6-7;1-2-4-6(5-3-1)7-8-10-11-9-7/h2-6H,1H3,(H,9,10);1-5H,(H,8,9,10,11). The maximum Gasteiger partial charge on any atom is 0.264 e. The molecule has 0 aliphatic carbocycles. The van der Waals surface area contributed by atoms with E-state index in [-0.39, 0.29) is 0 Å². The number of carbonyl (C=O) groups excluding carboxylic acids is 1. The second-order valence-electron chi connectivity index (χ2n) is 4.67. The van der Waals surface area contributed by atoms with Gasteiger partial charge in [-0.2, -0.15) is 5.21 Å². The molecule has 0 aliphatic heterocycles. The number of hydrogen-bond donors (Lipinski definition) is 2. The normalized spacial score (nSPS) is 10.4. The number of H-pyrrole nitrogens is 1. The number of aromatic nitrogens is 4. The number of benzene rings is 2. The molecule has 3 aromatic rings. The Labute approximate surface area is 139 Å². The summed E-state index contributed by atoms with van der Waals surface area (Å²) in [5.74, 6) is 0.0219. The molecule has 0 atom stereocenters. The SMILES string of the molecule is CS(=O)(=O)NC(=O)c1ccccc1.c1ccc(-c2nn[nH]n2)cc1. The summed E-state index contributed by atoms with van der Waals surface area (Å²) in [6.07, 6.45) is 0.938. The van der Waals surface area contributed by atoms with Crippen molar-refractivity contribution >= 4 is 15.9 Å². The Bertz CT molecular complexity index is 866. The van der Waals surface area contributed by atoms with E-state index in [2.05, 4.69) is 20.6 Å². The van der Waals surface area contributed by atoms with Crippen molar-refractivity contribution in [1.29, 1.82) is 0 Å². The van der Waals surface area contributed by atoms with Gasteiger partial charge in [-0.05, 0) is 17.3 Å². The summed E-state index contributed by atoms with van der Waals surface area (Å²) in [4.78, 5) is 11.2. The molecule has 24 heavy (non-hydrogen) atoms. The van der Waals surface area contributed by atoms with Gasteiger partial charge in [0.1, 0.15) is 0 Å². The molecule has 0 spiro atoms. The molecule has 0 radical (unpaired) electrons. The summed E-state index contributed by atoms with van der Waals surface area (Å²) in [5.41, 5.74) is 1.30. The van der Waals surface area contributed by atoms with E-state index in [0.717, 1.165) is 11.8 Å². The zero-order valence-electron chi connectivity index (χ0n) is 12.7. The van der Waals surface area contributed by atoms with Gasteiger partial charge in [-0.3, -0.25) is 4.79 Å². The van der Waals surface area contributed by atoms with Crippen molar-refractivity contribution in [1.82, 2.24) is 25.3 Å². The lowest BCUT2D eigenvalue weighted by Gasteiger charge is -2.00. The van der Waals surface area contributed by atoms with Gasteiger partial charge in [0, 0.05) is 11.1 Å². The summed E-state index contributed by atoms with van der Waals surface area (Å²) in [6.45, 7) is 0. The third-order valence-electron chi connectivity index (χ3n) is 2.69. The van der Waals surface area contributed by atoms with Crippen LogP contribution in [0.5, 0.6) is 0 Å². The van der Waals surface area contributed by atoms with Crippen molar-refractivity contribution in [2.45, 2.75) is 0 Å². The molecule has 1 heterocycles. The molecule has 1 aromatic heterocycles. The lowest BCUT2D eigenvalue weighted by molar-refractivity contribution is 0.0981. The molecule has 1 amide bonds. The number of nitrogens with one attached hydrogen (secondary N) is 2. The van der Waals surface area contributed by atoms with E-state index >= 15 is 0 Å². The van der Waals surface area contributed by atoms with Gasteiger partial charge < -0.3 is 0 Å². The van der Waals surface area contributed by atoms with Crippen LogP contribution in [0.3, 0.4) is 0 Å². The second-order valence-corrected chi connectivity index (χ2v) is 6.42. The van der Waals surface area contributed by atoms with Crippen LogP contribution in [0.4, 0.5) is 0 Å². The Balaban J connectivity index is 0.000000175. The molecule has 8 nitrogen and oxygen atoms in total. The molecular weight excluding hydrogens is 330 g/mol. The Kier molecular flexibility index (Phi) is 5.74. The first-order chi connectivity index (χ1) is 11.5. The fraction of sp³-hybridized carbons (Fsp3) is 0.0667. The molecule has 0 aliphatic rings. The van der Waals surface area contributed by atoms with Crippen LogP contribution in [0.25, 0.3) is 11.4 Å². The fourth-order valence-corrected chi connectivity index (χ4v) is 2.14. The number of rotatable bonds is 3. The summed E-state index contributed by atoms with van der Waals surface area (Å²) >= 11 is 0. The molecule has 124 valence electrons. The molecule has 0 saturated carbocycles. The number of sulfonamides is 1. The van der Waals surface area contributed by atoms with Crippen LogP contribution in [0.15, 0.2) is 60.7 Å². The van der Waals surface area contributed by atoms with Crippen molar-refractivity contribution in [2.24, 2.45) is 0 Å². The number of nitrogens with zero attached hydrogens (tertiary/aromatic N) is 3. The van der Waals surface area contributed by atoms with Crippen LogP contribution in [0, 0.1) is 0 Å². The van der Waals surface area contributed by atoms with Crippen molar-refractivity contribution in [2.75, 3.05) is 6.26 Å². The van der Waals surface area contributed by atoms with Crippen molar-refractivity contribution in [3.05, 3.63) is 66.2 Å². The third-order valence-corrected chi connectivity index (χ3v) is 3.25. The first-order valence-corrected chi connectivity index (χ1v) is 8.71. The van der Waals surface area contributed by atoms with E-state index in [0.29, 0.717) is 11.4 Å². The Morgan fingerprint density at radius 2 is 1.58 bits per heavy atom. The molecule has 3 rings (SSSR count). The van der Waals surface area contributed by atoms with E-state index in [1.54, 1.807) is 30.3 Å². The van der Waals surface area contributed by atoms with Gasteiger partial charge >= 0.3 is 0 Å². The van der Waals surface area contributed by atoms with Gasteiger partial charge in [-0.15, -0.1) is 10.2 Å². The fourth-order valence-electron chi connectivity index (χ4n) is 1.69. The topological polar surface area (TPSA) is 118 Å². The minimum atomic E-state index is -3.47. The number of aromatic amines is 1. The highest BCUT2D eigenvalue weighted by Crippen LogP contribution is 2.10. The first-order valence-electron chi connectivity index (χ1n) is 6.82. The molecule has 0 fully saturated rings. The highest BCUT2D eigenvalue weighted by molar-refractivity contribution is 7.89. The highest BCUT2D eigenvalue weighted by atomic mass is 32.2. The third kappa shape index (κ3) is 5.61. The summed E-state index contributed by atoms with van der Waals surface area (Å²) in [5, 5.41) is 13.5. The maximum atomic E-state index is 11.2. The van der Waals surface area contributed by atoms with Crippen LogP contribution in [0.2, 0.25) is 0 Å². The van der Waals surface area contributed by atoms with Gasteiger partial charge in [0.25, 0.3) is 5.91 Å². The summed E-state index contributed by atoms with van der Waals surface area (Å²) in [7, 11) is -3.47. The van der Waals surface area contributed by atoms with E-state index in [4.69, 9.17) is 0 Å². The van der Waals surface area contributed by atoms with Gasteiger partial charge in [-0.25, -0.2) is 13.1 Å². The average Bonchev–Trinajstić information content (AvgIpc) is 3.10. The molecular formula is C15H15N5O3S. The van der Waals surface area contributed by atoms with E-state index in [1.165, 1.54) is 0 Å². The largest absolute Gasteiger partial charge is 0.268 e. The van der Waals surface area contributed by atoms with Crippen molar-refractivity contribution < 1.29 is 13.2 Å². The smallest absolute Gasteiger partial charge is 0.264 e. The number of carbonyl (C=O) groups is 1. The predicted octanol–water partition coefficient (Wildman–Crippen LogP) is 1.24. The zero-order valence-corrected chi connectivity index (χ0v) is 13.6. The van der Waals surface area contributed by atoms with E-state index < -0.39 is 15.9 Å². The average molecular weight is 345 g/mol. The van der Waals surface area contributed by atoms with Crippen LogP contribution < -0.4 is 4.72 Å². The Morgan fingerprint density at radius 3 is 2.08 bits per heavy atom. The number of amides is 1. The quantitative estimate of drug-likeness (QED) is 0.737. The van der Waals surface area contributed by atoms with Gasteiger partial charge in [-0.1, -0.05) is 48.5 Å². The van der Waals surface area contributed by atoms with Crippen LogP contribution in [0.1, 0.15) is 10.4 Å². The van der Waals surface area contributed by atoms with Crippen LogP contribution in [-0.4, -0.2) is 41.2 Å². The number of tetrazole rings is 1. The van der Waals surface area contributed by atoms with Crippen LogP contribution >= 0.6 is 0 Å². The molecule has 2 aromatic carbocycles. The first kappa shape index (κ1) is 17.3. The van der Waals surface area contributed by atoms with Gasteiger partial charge in [0.2, 0.25) is 15.8 Å². The number of hydrogen-bond acceptors (Lipinski definition) is 6.